The van der Waals surface area contributed by atoms with Crippen molar-refractivity contribution >= 4 is 61.0 Å². The van der Waals surface area contributed by atoms with Gasteiger partial charge in [0, 0.05) is 25.5 Å². The molecule has 2 nitrogen and oxygen atoms in total. The van der Waals surface area contributed by atoms with Crippen molar-refractivity contribution in [3.8, 4) is 0 Å². The lowest BCUT2D eigenvalue weighted by Crippen LogP contribution is -2.26. The van der Waals surface area contributed by atoms with Crippen molar-refractivity contribution in [3.05, 3.63) is 66.5 Å². The van der Waals surface area contributed by atoms with E-state index in [2.05, 4.69) is 37.2 Å². The van der Waals surface area contributed by atoms with Crippen molar-refractivity contribution in [2.75, 3.05) is 6.54 Å². The summed E-state index contributed by atoms with van der Waals surface area (Å²) in [6, 6.07) is 10.8. The first-order chi connectivity index (χ1) is 9.97. The van der Waals surface area contributed by atoms with Crippen molar-refractivity contribution < 1.29 is 4.79 Å². The van der Waals surface area contributed by atoms with Gasteiger partial charge in [0.05, 0.1) is 5.56 Å². The van der Waals surface area contributed by atoms with Crippen LogP contribution >= 0.6 is 55.1 Å². The third-order valence-electron chi connectivity index (χ3n) is 2.87. The molecule has 110 valence electrons. The fraction of sp³-hybridized carbons (Fsp3) is 0.133. The van der Waals surface area contributed by atoms with Crippen molar-refractivity contribution in [2.24, 2.45) is 0 Å². The fourth-order valence-electron chi connectivity index (χ4n) is 1.80. The second-order valence-electron chi connectivity index (χ2n) is 4.37. The van der Waals surface area contributed by atoms with Gasteiger partial charge in [-0.15, -0.1) is 0 Å². The molecule has 2 rings (SSSR count). The number of carbonyl (C=O) groups excluding carboxylic acids is 1. The first kappa shape index (κ1) is 16.8. The third kappa shape index (κ3) is 4.71. The molecule has 2 aromatic carbocycles. The summed E-state index contributed by atoms with van der Waals surface area (Å²) in [5.41, 5.74) is 1.55. The third-order valence-corrected chi connectivity index (χ3v) is 4.61. The SMILES string of the molecule is O=C(NCCc1ccc(Cl)cc1Cl)c1ccc(Br)cc1Br. The number of hydrogen-bond donors (Lipinski definition) is 1. The Morgan fingerprint density at radius 1 is 1.10 bits per heavy atom. The molecule has 0 radical (unpaired) electrons. The van der Waals surface area contributed by atoms with Crippen LogP contribution in [0.4, 0.5) is 0 Å². The molecule has 21 heavy (non-hydrogen) atoms. The van der Waals surface area contributed by atoms with Crippen LogP contribution in [0.25, 0.3) is 0 Å². The standard InChI is InChI=1S/C15H11Br2Cl2NO/c16-10-2-4-12(13(17)7-10)15(21)20-6-5-9-1-3-11(18)8-14(9)19/h1-4,7-8H,5-6H2,(H,20,21). The summed E-state index contributed by atoms with van der Waals surface area (Å²) in [4.78, 5) is 12.1. The molecule has 0 spiro atoms. The van der Waals surface area contributed by atoms with Gasteiger partial charge in [0.1, 0.15) is 0 Å². The molecule has 1 N–H and O–H groups in total. The van der Waals surface area contributed by atoms with Crippen LogP contribution in [0.2, 0.25) is 10.0 Å². The van der Waals surface area contributed by atoms with Crippen LogP contribution in [-0.4, -0.2) is 12.5 Å². The zero-order chi connectivity index (χ0) is 15.4. The molecule has 0 saturated heterocycles. The molecule has 0 aliphatic carbocycles. The molecule has 0 fully saturated rings. The minimum absolute atomic E-state index is 0.125. The molecule has 6 heteroatoms. The highest BCUT2D eigenvalue weighted by atomic mass is 79.9. The van der Waals surface area contributed by atoms with Gasteiger partial charge in [0.15, 0.2) is 0 Å². The van der Waals surface area contributed by atoms with E-state index >= 15 is 0 Å². The van der Waals surface area contributed by atoms with E-state index in [0.717, 1.165) is 14.5 Å². The minimum atomic E-state index is -0.125. The van der Waals surface area contributed by atoms with E-state index in [1.165, 1.54) is 0 Å². The van der Waals surface area contributed by atoms with E-state index in [4.69, 9.17) is 23.2 Å². The van der Waals surface area contributed by atoms with Crippen molar-refractivity contribution in [1.29, 1.82) is 0 Å². The fourth-order valence-corrected chi connectivity index (χ4v) is 3.53. The number of benzene rings is 2. The van der Waals surface area contributed by atoms with Crippen LogP contribution in [0.3, 0.4) is 0 Å². The maximum atomic E-state index is 12.1. The number of hydrogen-bond acceptors (Lipinski definition) is 1. The molecule has 0 aliphatic heterocycles. The Morgan fingerprint density at radius 3 is 2.52 bits per heavy atom. The molecular formula is C15H11Br2Cl2NO. The van der Waals surface area contributed by atoms with E-state index in [9.17, 15) is 4.79 Å². The zero-order valence-electron chi connectivity index (χ0n) is 10.8. The monoisotopic (exact) mass is 449 g/mol. The number of amides is 1. The van der Waals surface area contributed by atoms with Crippen molar-refractivity contribution in [2.45, 2.75) is 6.42 Å². The van der Waals surface area contributed by atoms with Gasteiger partial charge in [0.25, 0.3) is 5.91 Å². The smallest absolute Gasteiger partial charge is 0.252 e. The number of halogens is 4. The van der Waals surface area contributed by atoms with Crippen molar-refractivity contribution in [1.82, 2.24) is 5.32 Å². The van der Waals surface area contributed by atoms with Gasteiger partial charge >= 0.3 is 0 Å². The van der Waals surface area contributed by atoms with Gasteiger partial charge in [-0.3, -0.25) is 4.79 Å². The Morgan fingerprint density at radius 2 is 1.86 bits per heavy atom. The van der Waals surface area contributed by atoms with Crippen LogP contribution in [0.15, 0.2) is 45.3 Å². The second kappa shape index (κ2) is 7.63. The topological polar surface area (TPSA) is 29.1 Å². The predicted molar refractivity (Wildman–Crippen MR) is 94.3 cm³/mol. The van der Waals surface area contributed by atoms with E-state index in [1.54, 1.807) is 18.2 Å². The van der Waals surface area contributed by atoms with Gasteiger partial charge in [-0.2, -0.15) is 0 Å². The maximum Gasteiger partial charge on any atom is 0.252 e. The minimum Gasteiger partial charge on any atom is -0.352 e. The highest BCUT2D eigenvalue weighted by Crippen LogP contribution is 2.23. The van der Waals surface area contributed by atoms with Crippen LogP contribution in [0.5, 0.6) is 0 Å². The lowest BCUT2D eigenvalue weighted by molar-refractivity contribution is 0.0953. The lowest BCUT2D eigenvalue weighted by Gasteiger charge is -2.08. The first-order valence-electron chi connectivity index (χ1n) is 6.14. The Balaban J connectivity index is 1.95. The average molecular weight is 452 g/mol. The quantitative estimate of drug-likeness (QED) is 0.654. The highest BCUT2D eigenvalue weighted by Gasteiger charge is 2.10. The summed E-state index contributed by atoms with van der Waals surface area (Å²) in [5, 5.41) is 4.09. The predicted octanol–water partition coefficient (Wildman–Crippen LogP) is 5.49. The van der Waals surface area contributed by atoms with Crippen LogP contribution in [0.1, 0.15) is 15.9 Å². The molecular weight excluding hydrogens is 441 g/mol. The summed E-state index contributed by atoms with van der Waals surface area (Å²) < 4.78 is 1.66. The zero-order valence-corrected chi connectivity index (χ0v) is 15.5. The Hall–Kier alpha value is -0.550. The lowest BCUT2D eigenvalue weighted by atomic mass is 10.1. The number of nitrogens with one attached hydrogen (secondary N) is 1. The molecule has 0 atom stereocenters. The van der Waals surface area contributed by atoms with Gasteiger partial charge in [-0.05, 0) is 58.2 Å². The van der Waals surface area contributed by atoms with Gasteiger partial charge in [-0.25, -0.2) is 0 Å². The molecule has 0 aromatic heterocycles. The summed E-state index contributed by atoms with van der Waals surface area (Å²) in [5.74, 6) is -0.125. The van der Waals surface area contributed by atoms with Crippen LogP contribution < -0.4 is 5.32 Å². The van der Waals surface area contributed by atoms with E-state index < -0.39 is 0 Å². The molecule has 0 aliphatic rings. The van der Waals surface area contributed by atoms with Gasteiger partial charge < -0.3 is 5.32 Å². The summed E-state index contributed by atoms with van der Waals surface area (Å²) in [7, 11) is 0. The molecule has 1 amide bonds. The maximum absolute atomic E-state index is 12.1. The molecule has 2 aromatic rings. The normalized spacial score (nSPS) is 10.5. The highest BCUT2D eigenvalue weighted by molar-refractivity contribution is 9.11. The second-order valence-corrected chi connectivity index (χ2v) is 6.98. The van der Waals surface area contributed by atoms with Gasteiger partial charge in [0.2, 0.25) is 0 Å². The summed E-state index contributed by atoms with van der Waals surface area (Å²) in [6.07, 6.45) is 0.649. The first-order valence-corrected chi connectivity index (χ1v) is 8.49. The average Bonchev–Trinajstić information content (AvgIpc) is 2.41. The summed E-state index contributed by atoms with van der Waals surface area (Å²) in [6.45, 7) is 0.503. The van der Waals surface area contributed by atoms with Gasteiger partial charge in [-0.1, -0.05) is 45.2 Å². The van der Waals surface area contributed by atoms with E-state index in [0.29, 0.717) is 28.6 Å². The Labute approximate surface area is 150 Å². The van der Waals surface area contributed by atoms with Crippen LogP contribution in [0, 0.1) is 0 Å². The van der Waals surface area contributed by atoms with E-state index in [1.807, 2.05) is 18.2 Å². The van der Waals surface area contributed by atoms with Crippen LogP contribution in [-0.2, 0) is 6.42 Å². The number of carbonyl (C=O) groups is 1. The molecule has 0 saturated carbocycles. The molecule has 0 heterocycles. The largest absolute Gasteiger partial charge is 0.352 e. The number of rotatable bonds is 4. The van der Waals surface area contributed by atoms with Crippen molar-refractivity contribution in [3.63, 3.8) is 0 Å². The Kier molecular flexibility index (Phi) is 6.11. The molecule has 0 bridgehead atoms. The summed E-state index contributed by atoms with van der Waals surface area (Å²) >= 11 is 18.7. The molecule has 0 unspecified atom stereocenters. The Bertz CT molecular complexity index is 677. The van der Waals surface area contributed by atoms with E-state index in [-0.39, 0.29) is 5.91 Å².